The Morgan fingerprint density at radius 3 is 2.44 bits per heavy atom. The Balaban J connectivity index is 2.08. The topological polar surface area (TPSA) is 129 Å². The summed E-state index contributed by atoms with van der Waals surface area (Å²) < 4.78 is 11.4. The fourth-order valence-corrected chi connectivity index (χ4v) is 3.11. The molecule has 2 heterocycles. The van der Waals surface area contributed by atoms with Crippen LogP contribution < -0.4 is 20.0 Å². The molecule has 1 aromatic carbocycles. The van der Waals surface area contributed by atoms with Crippen LogP contribution in [0.2, 0.25) is 0 Å². The van der Waals surface area contributed by atoms with Crippen LogP contribution in [0.3, 0.4) is 0 Å². The number of hydrogen-bond donors (Lipinski definition) is 0. The van der Waals surface area contributed by atoms with Crippen LogP contribution in [0.15, 0.2) is 22.7 Å². The number of imide groups is 1. The highest BCUT2D eigenvalue weighted by molar-refractivity contribution is 6.02. The minimum absolute atomic E-state index is 0.000789. The maximum atomic E-state index is 12.8. The van der Waals surface area contributed by atoms with Crippen LogP contribution in [0.1, 0.15) is 53.4 Å². The molecule has 0 N–H and O–H groups in total. The molecule has 0 saturated carbocycles. The van der Waals surface area contributed by atoms with E-state index in [0.717, 1.165) is 12.8 Å². The molecule has 10 nitrogen and oxygen atoms in total. The van der Waals surface area contributed by atoms with Crippen LogP contribution in [-0.4, -0.2) is 47.4 Å². The van der Waals surface area contributed by atoms with Gasteiger partial charge in [-0.1, -0.05) is 13.3 Å². The first-order chi connectivity index (χ1) is 16.1. The monoisotopic (exact) mass is 470 g/mol. The predicted octanol–water partition coefficient (Wildman–Crippen LogP) is 0.964. The molecule has 3 rings (SSSR count). The van der Waals surface area contributed by atoms with Gasteiger partial charge >= 0.3 is 11.9 Å². The van der Waals surface area contributed by atoms with E-state index in [2.05, 4.69) is 4.99 Å². The minimum Gasteiger partial charge on any atom is -0.490 e. The van der Waals surface area contributed by atoms with E-state index >= 15 is 0 Å². The number of nitrogens with zero attached hydrogens (tertiary/aromatic N) is 2. The highest BCUT2D eigenvalue weighted by Gasteiger charge is 2.37. The van der Waals surface area contributed by atoms with Crippen molar-refractivity contribution >= 4 is 35.8 Å². The molecule has 0 bridgehead atoms. The molecular formula is C24H26N2O8. The van der Waals surface area contributed by atoms with Gasteiger partial charge in [0.05, 0.1) is 17.6 Å². The Kier molecular flexibility index (Phi) is 7.32. The lowest BCUT2D eigenvalue weighted by molar-refractivity contribution is -0.197. The standard InChI is InChI=1S/C24H26N2O8/c1-5-6-11-32-16-8-7-14-12-15(13-27)20(22(30)34-26-17(28)9-10-18(26)29)25-19(14)21(16)33-23(31)24(2,3)4/h7-8,12,20H,5-6,9-11H2,1-4H3. The second-order valence-corrected chi connectivity index (χ2v) is 8.90. The molecule has 0 radical (unpaired) electrons. The molecule has 0 spiro atoms. The minimum atomic E-state index is -1.52. The third kappa shape index (κ3) is 5.23. The van der Waals surface area contributed by atoms with Gasteiger partial charge in [0, 0.05) is 18.1 Å². The van der Waals surface area contributed by atoms with Gasteiger partial charge in [-0.05, 0) is 45.4 Å². The molecule has 1 fully saturated rings. The highest BCUT2D eigenvalue weighted by Crippen LogP contribution is 2.27. The number of fused-ring (bicyclic) bond motifs is 1. The second-order valence-electron chi connectivity index (χ2n) is 8.90. The normalized spacial score (nSPS) is 17.4. The first-order valence-corrected chi connectivity index (χ1v) is 11.0. The zero-order valence-corrected chi connectivity index (χ0v) is 19.5. The van der Waals surface area contributed by atoms with Crippen LogP contribution in [0, 0.1) is 5.41 Å². The largest absolute Gasteiger partial charge is 0.490 e. The Morgan fingerprint density at radius 2 is 1.85 bits per heavy atom. The third-order valence-electron chi connectivity index (χ3n) is 5.08. The number of amides is 2. The SMILES string of the molecule is CCCCOc1ccc2c(c1OC(=O)C(C)(C)C)=NC(C(=O)ON1C(=O)CCC1=O)C(=C=O)C=2. The van der Waals surface area contributed by atoms with Gasteiger partial charge in [0.1, 0.15) is 11.3 Å². The molecule has 0 aliphatic carbocycles. The number of rotatable bonds is 7. The molecule has 10 heteroatoms. The van der Waals surface area contributed by atoms with Crippen molar-refractivity contribution in [2.75, 3.05) is 6.61 Å². The zero-order chi connectivity index (χ0) is 25.0. The number of benzene rings is 1. The Hall–Kier alpha value is -3.78. The van der Waals surface area contributed by atoms with E-state index in [9.17, 15) is 24.0 Å². The fourth-order valence-electron chi connectivity index (χ4n) is 3.11. The number of hydrogen-bond acceptors (Lipinski definition) is 9. The van der Waals surface area contributed by atoms with E-state index in [1.165, 1.54) is 6.08 Å². The Morgan fingerprint density at radius 1 is 1.18 bits per heavy atom. The molecule has 0 aromatic heterocycles. The van der Waals surface area contributed by atoms with Crippen LogP contribution in [0.4, 0.5) is 0 Å². The van der Waals surface area contributed by atoms with E-state index in [-0.39, 0.29) is 35.3 Å². The van der Waals surface area contributed by atoms with Crippen molar-refractivity contribution in [3.8, 4) is 11.5 Å². The lowest BCUT2D eigenvalue weighted by Crippen LogP contribution is -2.42. The summed E-state index contributed by atoms with van der Waals surface area (Å²) in [5.74, 6) is -1.10. The molecular weight excluding hydrogens is 444 g/mol. The Bertz CT molecular complexity index is 1190. The van der Waals surface area contributed by atoms with E-state index in [1.54, 1.807) is 38.8 Å². The van der Waals surface area contributed by atoms with E-state index in [1.807, 2.05) is 6.92 Å². The highest BCUT2D eigenvalue weighted by atomic mass is 16.7. The van der Waals surface area contributed by atoms with Gasteiger partial charge in [-0.25, -0.2) is 9.59 Å². The zero-order valence-electron chi connectivity index (χ0n) is 19.5. The van der Waals surface area contributed by atoms with Gasteiger partial charge in [-0.3, -0.25) is 19.4 Å². The summed E-state index contributed by atoms with van der Waals surface area (Å²) in [4.78, 5) is 69.9. The lowest BCUT2D eigenvalue weighted by atomic mass is 9.97. The molecule has 180 valence electrons. The van der Waals surface area contributed by atoms with Crippen molar-refractivity contribution in [3.05, 3.63) is 28.3 Å². The number of carbonyl (C=O) groups is 4. The summed E-state index contributed by atoms with van der Waals surface area (Å²) in [6, 6.07) is 1.68. The molecule has 1 saturated heterocycles. The van der Waals surface area contributed by atoms with Crippen molar-refractivity contribution in [2.45, 2.75) is 59.4 Å². The average Bonchev–Trinajstić information content (AvgIpc) is 3.10. The van der Waals surface area contributed by atoms with Crippen LogP contribution in [-0.2, 0) is 28.8 Å². The summed E-state index contributed by atoms with van der Waals surface area (Å²) in [6.45, 7) is 7.42. The van der Waals surface area contributed by atoms with Gasteiger partial charge in [0.25, 0.3) is 11.8 Å². The molecule has 1 atom stereocenters. The summed E-state index contributed by atoms with van der Waals surface area (Å²) in [5, 5.41) is 0.877. The summed E-state index contributed by atoms with van der Waals surface area (Å²) in [7, 11) is 0. The number of hydroxylamine groups is 2. The van der Waals surface area contributed by atoms with E-state index in [4.69, 9.17) is 14.3 Å². The predicted molar refractivity (Wildman–Crippen MR) is 117 cm³/mol. The summed E-state index contributed by atoms with van der Waals surface area (Å²) >= 11 is 0. The van der Waals surface area contributed by atoms with Crippen LogP contribution >= 0.6 is 0 Å². The molecule has 2 amide bonds. The number of unbranched alkanes of at least 4 members (excludes halogenated alkanes) is 1. The fraction of sp³-hybridized carbons (Fsp3) is 0.458. The maximum Gasteiger partial charge on any atom is 0.362 e. The second kappa shape index (κ2) is 10.0. The van der Waals surface area contributed by atoms with Gasteiger partial charge in [0.15, 0.2) is 17.5 Å². The number of esters is 1. The quantitative estimate of drug-likeness (QED) is 0.190. The van der Waals surface area contributed by atoms with Gasteiger partial charge in [0.2, 0.25) is 0 Å². The average molecular weight is 470 g/mol. The molecule has 1 aromatic rings. The number of ether oxygens (including phenoxy) is 2. The van der Waals surface area contributed by atoms with Crippen molar-refractivity contribution in [1.29, 1.82) is 0 Å². The maximum absolute atomic E-state index is 12.8. The van der Waals surface area contributed by atoms with E-state index in [0.29, 0.717) is 16.9 Å². The first kappa shape index (κ1) is 24.9. The summed E-state index contributed by atoms with van der Waals surface area (Å²) in [5.41, 5.74) is -1.01. The van der Waals surface area contributed by atoms with E-state index < -0.39 is 35.2 Å². The smallest absolute Gasteiger partial charge is 0.362 e. The molecule has 34 heavy (non-hydrogen) atoms. The van der Waals surface area contributed by atoms with Gasteiger partial charge in [-0.15, -0.1) is 5.06 Å². The Labute approximate surface area is 195 Å². The van der Waals surface area contributed by atoms with Gasteiger partial charge < -0.3 is 14.3 Å². The third-order valence-corrected chi connectivity index (χ3v) is 5.08. The molecule has 2 aliphatic heterocycles. The molecule has 1 unspecified atom stereocenters. The molecule has 2 aliphatic rings. The lowest BCUT2D eigenvalue weighted by Gasteiger charge is -2.21. The van der Waals surface area contributed by atoms with Crippen molar-refractivity contribution < 1.29 is 38.3 Å². The van der Waals surface area contributed by atoms with Crippen molar-refractivity contribution in [1.82, 2.24) is 5.06 Å². The van der Waals surface area contributed by atoms with Crippen LogP contribution in [0.5, 0.6) is 11.5 Å². The van der Waals surface area contributed by atoms with Gasteiger partial charge in [-0.2, -0.15) is 0 Å². The van der Waals surface area contributed by atoms with Crippen molar-refractivity contribution in [3.63, 3.8) is 0 Å². The summed E-state index contributed by atoms with van der Waals surface area (Å²) in [6.07, 6.45) is 2.85. The number of carbonyl (C=O) groups excluding carboxylic acids is 5. The van der Waals surface area contributed by atoms with Crippen LogP contribution in [0.25, 0.3) is 6.08 Å². The first-order valence-electron chi connectivity index (χ1n) is 11.0. The van der Waals surface area contributed by atoms with Crippen molar-refractivity contribution in [2.24, 2.45) is 10.4 Å².